The molecule has 1 atom stereocenters. The first kappa shape index (κ1) is 24.6. The second-order valence-electron chi connectivity index (χ2n) is 6.78. The monoisotopic (exact) mass is 435 g/mol. The van der Waals surface area contributed by atoms with Gasteiger partial charge in [-0.15, -0.1) is 24.8 Å². The summed E-state index contributed by atoms with van der Waals surface area (Å²) >= 11 is 0. The number of piperazine rings is 1. The molecule has 1 aromatic carbocycles. The van der Waals surface area contributed by atoms with Crippen molar-refractivity contribution in [3.63, 3.8) is 0 Å². The van der Waals surface area contributed by atoms with E-state index in [1.807, 2.05) is 17.0 Å². The van der Waals surface area contributed by atoms with Gasteiger partial charge in [-0.25, -0.2) is 0 Å². The molecule has 9 heteroatoms. The Labute approximate surface area is 179 Å². The van der Waals surface area contributed by atoms with Crippen LogP contribution in [0.15, 0.2) is 12.1 Å². The predicted molar refractivity (Wildman–Crippen MR) is 113 cm³/mol. The number of ether oxygens (including phenoxy) is 3. The first-order chi connectivity index (χ1) is 12.7. The molecule has 1 N–H and O–H groups in total. The van der Waals surface area contributed by atoms with Gasteiger partial charge in [-0.3, -0.25) is 9.69 Å². The number of nitrogens with one attached hydrogen (secondary N) is 1. The van der Waals surface area contributed by atoms with Crippen LogP contribution in [0, 0.1) is 0 Å². The van der Waals surface area contributed by atoms with Crippen molar-refractivity contribution < 1.29 is 19.0 Å². The molecule has 0 radical (unpaired) electrons. The molecule has 28 heavy (non-hydrogen) atoms. The van der Waals surface area contributed by atoms with Gasteiger partial charge in [0.25, 0.3) is 0 Å². The van der Waals surface area contributed by atoms with Gasteiger partial charge in [0.15, 0.2) is 11.5 Å². The van der Waals surface area contributed by atoms with E-state index in [2.05, 4.69) is 10.2 Å². The summed E-state index contributed by atoms with van der Waals surface area (Å²) in [5.74, 6) is 2.21. The third-order valence-corrected chi connectivity index (χ3v) is 5.17. The van der Waals surface area contributed by atoms with Gasteiger partial charge >= 0.3 is 0 Å². The molecule has 0 aromatic heterocycles. The Morgan fingerprint density at radius 3 is 2.11 bits per heavy atom. The number of hydrogen-bond acceptors (Lipinski definition) is 6. The lowest BCUT2D eigenvalue weighted by atomic mass is 10.1. The minimum Gasteiger partial charge on any atom is -0.493 e. The summed E-state index contributed by atoms with van der Waals surface area (Å²) in [6, 6.07) is 4.00. The standard InChI is InChI=1S/C19H29N3O4.2ClH/c1-24-16-11-14(12-17(25-2)18(16)26-3)13-21-7-9-22(10-8-21)19(23)15-5-4-6-20-15;;/h11-12,15,20H,4-10,13H2,1-3H3;2*1H. The third kappa shape index (κ3) is 5.56. The second kappa shape index (κ2) is 11.6. The summed E-state index contributed by atoms with van der Waals surface area (Å²) in [5.41, 5.74) is 1.11. The molecule has 2 aliphatic heterocycles. The molecule has 7 nitrogen and oxygen atoms in total. The van der Waals surface area contributed by atoms with Crippen molar-refractivity contribution in [1.82, 2.24) is 15.1 Å². The van der Waals surface area contributed by atoms with Crippen LogP contribution in [-0.4, -0.2) is 75.8 Å². The van der Waals surface area contributed by atoms with Crippen LogP contribution >= 0.6 is 24.8 Å². The van der Waals surface area contributed by atoms with E-state index < -0.39 is 0 Å². The van der Waals surface area contributed by atoms with Crippen molar-refractivity contribution in [2.24, 2.45) is 0 Å². The summed E-state index contributed by atoms with van der Waals surface area (Å²) in [6.45, 7) is 5.05. The molecule has 2 heterocycles. The highest BCUT2D eigenvalue weighted by Crippen LogP contribution is 2.38. The van der Waals surface area contributed by atoms with E-state index in [-0.39, 0.29) is 36.8 Å². The summed E-state index contributed by atoms with van der Waals surface area (Å²) in [7, 11) is 4.86. The summed E-state index contributed by atoms with van der Waals surface area (Å²) < 4.78 is 16.2. The van der Waals surface area contributed by atoms with Gasteiger partial charge in [0.05, 0.1) is 27.4 Å². The van der Waals surface area contributed by atoms with Crippen LogP contribution in [0.3, 0.4) is 0 Å². The fourth-order valence-corrected chi connectivity index (χ4v) is 3.73. The number of carbonyl (C=O) groups is 1. The van der Waals surface area contributed by atoms with Gasteiger partial charge in [0, 0.05) is 32.7 Å². The van der Waals surface area contributed by atoms with Crippen molar-refractivity contribution in [3.8, 4) is 17.2 Å². The summed E-state index contributed by atoms with van der Waals surface area (Å²) in [6.07, 6.45) is 2.06. The van der Waals surface area contributed by atoms with E-state index in [1.54, 1.807) is 21.3 Å². The van der Waals surface area contributed by atoms with Crippen LogP contribution in [0.2, 0.25) is 0 Å². The van der Waals surface area contributed by atoms with Crippen LogP contribution in [0.5, 0.6) is 17.2 Å². The van der Waals surface area contributed by atoms with Gasteiger partial charge in [0.2, 0.25) is 11.7 Å². The van der Waals surface area contributed by atoms with E-state index in [4.69, 9.17) is 14.2 Å². The van der Waals surface area contributed by atoms with Gasteiger partial charge in [0.1, 0.15) is 0 Å². The van der Waals surface area contributed by atoms with Crippen LogP contribution in [0.25, 0.3) is 0 Å². The maximum absolute atomic E-state index is 12.5. The molecule has 0 saturated carbocycles. The molecule has 2 fully saturated rings. The Morgan fingerprint density at radius 1 is 1.04 bits per heavy atom. The number of carbonyl (C=O) groups excluding carboxylic acids is 1. The van der Waals surface area contributed by atoms with Crippen LogP contribution in [0.1, 0.15) is 18.4 Å². The Balaban J connectivity index is 0.00000196. The molecular formula is C19H31Cl2N3O4. The van der Waals surface area contributed by atoms with Gasteiger partial charge < -0.3 is 24.4 Å². The number of benzene rings is 1. The maximum atomic E-state index is 12.5. The van der Waals surface area contributed by atoms with Gasteiger partial charge in [-0.05, 0) is 37.1 Å². The van der Waals surface area contributed by atoms with E-state index in [1.165, 1.54) is 0 Å². The molecule has 2 aliphatic rings. The number of nitrogens with zero attached hydrogens (tertiary/aromatic N) is 2. The Hall–Kier alpha value is -1.41. The lowest BCUT2D eigenvalue weighted by Crippen LogP contribution is -2.52. The lowest BCUT2D eigenvalue weighted by Gasteiger charge is -2.36. The second-order valence-corrected chi connectivity index (χ2v) is 6.78. The average molecular weight is 436 g/mol. The van der Waals surface area contributed by atoms with Crippen molar-refractivity contribution in [3.05, 3.63) is 17.7 Å². The molecule has 160 valence electrons. The molecule has 0 spiro atoms. The zero-order valence-corrected chi connectivity index (χ0v) is 18.4. The fourth-order valence-electron chi connectivity index (χ4n) is 3.73. The number of amides is 1. The topological polar surface area (TPSA) is 63.3 Å². The van der Waals surface area contributed by atoms with Crippen LogP contribution in [0.4, 0.5) is 0 Å². The molecule has 2 saturated heterocycles. The van der Waals surface area contributed by atoms with E-state index >= 15 is 0 Å². The largest absolute Gasteiger partial charge is 0.493 e. The van der Waals surface area contributed by atoms with E-state index in [0.717, 1.165) is 57.7 Å². The number of methoxy groups -OCH3 is 3. The molecule has 1 aromatic rings. The fraction of sp³-hybridized carbons (Fsp3) is 0.632. The Kier molecular flexibility index (Phi) is 10.2. The van der Waals surface area contributed by atoms with E-state index in [0.29, 0.717) is 17.2 Å². The normalized spacial score (nSPS) is 19.4. The smallest absolute Gasteiger partial charge is 0.239 e. The SMILES string of the molecule is COc1cc(CN2CCN(C(=O)C3CCCN3)CC2)cc(OC)c1OC.Cl.Cl. The minimum atomic E-state index is 0. The van der Waals surface area contributed by atoms with Gasteiger partial charge in [-0.2, -0.15) is 0 Å². The first-order valence-electron chi connectivity index (χ1n) is 9.19. The average Bonchev–Trinajstić information content (AvgIpc) is 3.22. The highest BCUT2D eigenvalue weighted by atomic mass is 35.5. The number of halogens is 2. The Bertz CT molecular complexity index is 609. The maximum Gasteiger partial charge on any atom is 0.239 e. The molecule has 0 aliphatic carbocycles. The molecule has 0 bridgehead atoms. The predicted octanol–water partition coefficient (Wildman–Crippen LogP) is 1.95. The molecule has 3 rings (SSSR count). The van der Waals surface area contributed by atoms with Crippen molar-refractivity contribution >= 4 is 30.7 Å². The minimum absolute atomic E-state index is 0. The van der Waals surface area contributed by atoms with Crippen molar-refractivity contribution in [2.45, 2.75) is 25.4 Å². The zero-order valence-electron chi connectivity index (χ0n) is 16.7. The first-order valence-corrected chi connectivity index (χ1v) is 9.19. The highest BCUT2D eigenvalue weighted by molar-refractivity contribution is 5.85. The quantitative estimate of drug-likeness (QED) is 0.736. The summed E-state index contributed by atoms with van der Waals surface area (Å²) in [4.78, 5) is 16.8. The lowest BCUT2D eigenvalue weighted by molar-refractivity contribution is -0.134. The third-order valence-electron chi connectivity index (χ3n) is 5.17. The number of rotatable bonds is 6. The molecule has 1 amide bonds. The van der Waals surface area contributed by atoms with Crippen LogP contribution in [-0.2, 0) is 11.3 Å². The highest BCUT2D eigenvalue weighted by Gasteiger charge is 2.29. The van der Waals surface area contributed by atoms with Crippen molar-refractivity contribution in [1.29, 1.82) is 0 Å². The number of hydrogen-bond donors (Lipinski definition) is 1. The molecular weight excluding hydrogens is 405 g/mol. The Morgan fingerprint density at radius 2 is 1.64 bits per heavy atom. The van der Waals surface area contributed by atoms with Crippen LogP contribution < -0.4 is 19.5 Å². The zero-order chi connectivity index (χ0) is 18.5. The van der Waals surface area contributed by atoms with Crippen molar-refractivity contribution in [2.75, 3.05) is 54.1 Å². The van der Waals surface area contributed by atoms with Gasteiger partial charge in [-0.1, -0.05) is 0 Å². The van der Waals surface area contributed by atoms with E-state index in [9.17, 15) is 4.79 Å². The summed E-state index contributed by atoms with van der Waals surface area (Å²) in [5, 5.41) is 3.30. The molecule has 1 unspecified atom stereocenters.